The second kappa shape index (κ2) is 5.25. The fourth-order valence-electron chi connectivity index (χ4n) is 2.31. The van der Waals surface area contributed by atoms with Crippen molar-refractivity contribution in [2.45, 2.75) is 12.2 Å². The van der Waals surface area contributed by atoms with Crippen LogP contribution >= 0.6 is 0 Å². The predicted molar refractivity (Wildman–Crippen MR) is 69.4 cm³/mol. The molecule has 2 atom stereocenters. The molecule has 0 spiro atoms. The maximum absolute atomic E-state index is 9.15. The Labute approximate surface area is 107 Å². The molecule has 5 nitrogen and oxygen atoms in total. The largest absolute Gasteiger partial charge is 0.399 e. The Morgan fingerprint density at radius 2 is 1.89 bits per heavy atom. The summed E-state index contributed by atoms with van der Waals surface area (Å²) in [5.41, 5.74) is 7.76. The summed E-state index contributed by atoms with van der Waals surface area (Å²) < 4.78 is 10.8. The smallest absolute Gasteiger partial charge is 0.102 e. The fourth-order valence-corrected chi connectivity index (χ4v) is 2.31. The summed E-state index contributed by atoms with van der Waals surface area (Å²) in [4.78, 5) is 2.10. The zero-order chi connectivity index (χ0) is 13.1. The highest BCUT2D eigenvalue weighted by molar-refractivity contribution is 5.65. The molecular formula is C13H17N3O2. The molecule has 1 aromatic rings. The van der Waals surface area contributed by atoms with E-state index in [1.165, 1.54) is 0 Å². The lowest BCUT2D eigenvalue weighted by atomic mass is 10.1. The molecule has 0 amide bonds. The van der Waals surface area contributed by atoms with E-state index in [9.17, 15) is 0 Å². The Kier molecular flexibility index (Phi) is 3.70. The Morgan fingerprint density at radius 3 is 2.39 bits per heavy atom. The third-order valence-corrected chi connectivity index (χ3v) is 3.30. The summed E-state index contributed by atoms with van der Waals surface area (Å²) in [6.45, 7) is 1.43. The molecule has 0 radical (unpaired) electrons. The molecule has 0 aromatic heterocycles. The molecule has 1 fully saturated rings. The van der Waals surface area contributed by atoms with Gasteiger partial charge >= 0.3 is 0 Å². The molecule has 18 heavy (non-hydrogen) atoms. The van der Waals surface area contributed by atoms with Crippen LogP contribution in [0, 0.1) is 11.3 Å². The molecule has 1 heterocycles. The van der Waals surface area contributed by atoms with Crippen LogP contribution in [0.4, 0.5) is 11.4 Å². The topological polar surface area (TPSA) is 71.5 Å². The van der Waals surface area contributed by atoms with Gasteiger partial charge in [-0.05, 0) is 18.2 Å². The minimum atomic E-state index is 0.0269. The Morgan fingerprint density at radius 1 is 1.28 bits per heavy atom. The van der Waals surface area contributed by atoms with Crippen molar-refractivity contribution in [3.05, 3.63) is 23.8 Å². The van der Waals surface area contributed by atoms with Crippen LogP contribution in [-0.4, -0.2) is 39.5 Å². The molecule has 1 aliphatic rings. The number of rotatable bonds is 3. The second-order valence-electron chi connectivity index (χ2n) is 4.34. The first kappa shape index (κ1) is 12.7. The number of nitriles is 1. The van der Waals surface area contributed by atoms with Gasteiger partial charge in [-0.2, -0.15) is 5.26 Å². The van der Waals surface area contributed by atoms with Crippen LogP contribution in [-0.2, 0) is 9.47 Å². The van der Waals surface area contributed by atoms with E-state index in [-0.39, 0.29) is 12.2 Å². The molecular weight excluding hydrogens is 230 g/mol. The molecule has 2 rings (SSSR count). The van der Waals surface area contributed by atoms with E-state index in [1.807, 2.05) is 6.07 Å². The number of methoxy groups -OCH3 is 2. The van der Waals surface area contributed by atoms with Crippen molar-refractivity contribution in [1.82, 2.24) is 0 Å². The van der Waals surface area contributed by atoms with Crippen molar-refractivity contribution in [2.75, 3.05) is 37.9 Å². The lowest BCUT2D eigenvalue weighted by Gasteiger charge is -2.19. The maximum Gasteiger partial charge on any atom is 0.102 e. The van der Waals surface area contributed by atoms with Gasteiger partial charge in [0.25, 0.3) is 0 Å². The van der Waals surface area contributed by atoms with Crippen LogP contribution in [0.2, 0.25) is 0 Å². The maximum atomic E-state index is 9.15. The van der Waals surface area contributed by atoms with Gasteiger partial charge in [0.05, 0.1) is 11.3 Å². The summed E-state index contributed by atoms with van der Waals surface area (Å²) in [6, 6.07) is 7.54. The van der Waals surface area contributed by atoms with Gasteiger partial charge in [-0.25, -0.2) is 0 Å². The monoisotopic (exact) mass is 247 g/mol. The number of nitrogens with zero attached hydrogens (tertiary/aromatic N) is 2. The average Bonchev–Trinajstić information content (AvgIpc) is 2.81. The van der Waals surface area contributed by atoms with Gasteiger partial charge in [0.1, 0.15) is 18.3 Å². The summed E-state index contributed by atoms with van der Waals surface area (Å²) in [6.07, 6.45) is 0.0539. The van der Waals surface area contributed by atoms with E-state index in [0.29, 0.717) is 24.3 Å². The molecule has 0 bridgehead atoms. The van der Waals surface area contributed by atoms with Gasteiger partial charge in [-0.15, -0.1) is 0 Å². The van der Waals surface area contributed by atoms with Crippen molar-refractivity contribution in [3.8, 4) is 6.07 Å². The van der Waals surface area contributed by atoms with Crippen LogP contribution in [0.3, 0.4) is 0 Å². The van der Waals surface area contributed by atoms with Crippen LogP contribution in [0.15, 0.2) is 18.2 Å². The van der Waals surface area contributed by atoms with Gasteiger partial charge < -0.3 is 20.1 Å². The number of anilines is 2. The Bertz CT molecular complexity index is 458. The molecule has 2 unspecified atom stereocenters. The Balaban J connectivity index is 2.26. The first-order valence-electron chi connectivity index (χ1n) is 5.79. The van der Waals surface area contributed by atoms with Gasteiger partial charge in [0.15, 0.2) is 0 Å². The fraction of sp³-hybridized carbons (Fsp3) is 0.462. The zero-order valence-electron chi connectivity index (χ0n) is 10.6. The van der Waals surface area contributed by atoms with Crippen LogP contribution in [0.5, 0.6) is 0 Å². The minimum absolute atomic E-state index is 0.0269. The SMILES string of the molecule is COC1CN(c2ccc(N)cc2C#N)CC1OC. The van der Waals surface area contributed by atoms with Gasteiger partial charge in [-0.3, -0.25) is 0 Å². The number of benzene rings is 1. The van der Waals surface area contributed by atoms with E-state index < -0.39 is 0 Å². The van der Waals surface area contributed by atoms with Crippen LogP contribution < -0.4 is 10.6 Å². The number of hydrogen-bond acceptors (Lipinski definition) is 5. The normalized spacial score (nSPS) is 23.1. The van der Waals surface area contributed by atoms with Gasteiger partial charge in [0.2, 0.25) is 0 Å². The third-order valence-electron chi connectivity index (χ3n) is 3.30. The van der Waals surface area contributed by atoms with Crippen molar-refractivity contribution in [3.63, 3.8) is 0 Å². The molecule has 96 valence electrons. The number of nitrogen functional groups attached to an aromatic ring is 1. The zero-order valence-corrected chi connectivity index (χ0v) is 10.6. The Hall–Kier alpha value is -1.77. The average molecular weight is 247 g/mol. The number of hydrogen-bond donors (Lipinski definition) is 1. The molecule has 1 aliphatic heterocycles. The molecule has 1 aromatic carbocycles. The molecule has 2 N–H and O–H groups in total. The lowest BCUT2D eigenvalue weighted by molar-refractivity contribution is -0.00461. The first-order valence-corrected chi connectivity index (χ1v) is 5.79. The van der Waals surface area contributed by atoms with Crippen LogP contribution in [0.25, 0.3) is 0 Å². The highest BCUT2D eigenvalue weighted by Crippen LogP contribution is 2.27. The molecule has 1 saturated heterocycles. The van der Waals surface area contributed by atoms with E-state index in [1.54, 1.807) is 26.4 Å². The van der Waals surface area contributed by atoms with Gasteiger partial charge in [-0.1, -0.05) is 0 Å². The highest BCUT2D eigenvalue weighted by atomic mass is 16.5. The molecule has 5 heteroatoms. The third kappa shape index (κ3) is 2.26. The lowest BCUT2D eigenvalue weighted by Crippen LogP contribution is -2.27. The summed E-state index contributed by atoms with van der Waals surface area (Å²) in [5.74, 6) is 0. The second-order valence-corrected chi connectivity index (χ2v) is 4.34. The standard InChI is InChI=1S/C13H17N3O2/c1-17-12-7-16(8-13(12)18-2)11-4-3-10(15)5-9(11)6-14/h3-5,12-13H,7-8,15H2,1-2H3. The van der Waals surface area contributed by atoms with Crippen molar-refractivity contribution in [2.24, 2.45) is 0 Å². The number of nitrogens with two attached hydrogens (primary N) is 1. The quantitative estimate of drug-likeness (QED) is 0.806. The number of ether oxygens (including phenoxy) is 2. The van der Waals surface area contributed by atoms with E-state index in [0.717, 1.165) is 5.69 Å². The van der Waals surface area contributed by atoms with E-state index >= 15 is 0 Å². The molecule has 0 aliphatic carbocycles. The van der Waals surface area contributed by atoms with Crippen molar-refractivity contribution < 1.29 is 9.47 Å². The van der Waals surface area contributed by atoms with Crippen LogP contribution in [0.1, 0.15) is 5.56 Å². The summed E-state index contributed by atoms with van der Waals surface area (Å²) in [5, 5.41) is 9.15. The van der Waals surface area contributed by atoms with Crippen molar-refractivity contribution in [1.29, 1.82) is 5.26 Å². The van der Waals surface area contributed by atoms with Gasteiger partial charge in [0, 0.05) is 33.0 Å². The highest BCUT2D eigenvalue weighted by Gasteiger charge is 2.33. The molecule has 0 saturated carbocycles. The summed E-state index contributed by atoms with van der Waals surface area (Å²) in [7, 11) is 3.35. The van der Waals surface area contributed by atoms with Crippen molar-refractivity contribution >= 4 is 11.4 Å². The van der Waals surface area contributed by atoms with E-state index in [4.69, 9.17) is 20.5 Å². The minimum Gasteiger partial charge on any atom is -0.399 e. The first-order chi connectivity index (χ1) is 8.69. The summed E-state index contributed by atoms with van der Waals surface area (Å²) >= 11 is 0. The predicted octanol–water partition coefficient (Wildman–Crippen LogP) is 0.990. The van der Waals surface area contributed by atoms with E-state index in [2.05, 4.69) is 11.0 Å².